The Bertz CT molecular complexity index is 1130. The van der Waals surface area contributed by atoms with Gasteiger partial charge >= 0.3 is 5.97 Å². The predicted octanol–water partition coefficient (Wildman–Crippen LogP) is 2.04. The van der Waals surface area contributed by atoms with Crippen LogP contribution in [-0.2, 0) is 28.5 Å². The number of carbonyl (C=O) groups excluding carboxylic acids is 1. The normalized spacial score (nSPS) is 42.2. The Balaban J connectivity index is 1.81. The van der Waals surface area contributed by atoms with Crippen LogP contribution >= 0.6 is 0 Å². The van der Waals surface area contributed by atoms with Crippen molar-refractivity contribution in [1.82, 2.24) is 0 Å². The second-order valence-corrected chi connectivity index (χ2v) is 14.1. The molecule has 0 spiro atoms. The first kappa shape index (κ1) is 36.2. The molecule has 0 aromatic carbocycles. The van der Waals surface area contributed by atoms with E-state index in [1.165, 1.54) is 6.92 Å². The van der Waals surface area contributed by atoms with Gasteiger partial charge in [-0.05, 0) is 57.4 Å². The molecule has 5 N–H and O–H groups in total. The molecule has 1 saturated heterocycles. The van der Waals surface area contributed by atoms with E-state index < -0.39 is 66.0 Å². The van der Waals surface area contributed by atoms with Crippen molar-refractivity contribution in [2.45, 2.75) is 115 Å². The molecule has 1 aliphatic heterocycles. The van der Waals surface area contributed by atoms with Gasteiger partial charge in [0.05, 0.1) is 31.0 Å². The first-order valence-electron chi connectivity index (χ1n) is 16.1. The van der Waals surface area contributed by atoms with Crippen LogP contribution in [0, 0.1) is 29.1 Å². The van der Waals surface area contributed by atoms with Crippen LogP contribution in [0.15, 0.2) is 35.5 Å². The van der Waals surface area contributed by atoms with Crippen LogP contribution in [0.1, 0.15) is 60.8 Å². The number of ether oxygens (including phenoxy) is 5. The Hall–Kier alpha value is -1.67. The molecule has 0 bridgehead atoms. The Kier molecular flexibility index (Phi) is 11.4. The third-order valence-electron chi connectivity index (χ3n) is 10.6. The summed E-state index contributed by atoms with van der Waals surface area (Å²) >= 11 is 0. The molecule has 11 nitrogen and oxygen atoms in total. The average molecular weight is 639 g/mol. The fourth-order valence-corrected chi connectivity index (χ4v) is 7.63. The molecule has 1 saturated carbocycles. The summed E-state index contributed by atoms with van der Waals surface area (Å²) in [6.45, 7) is 14.5. The number of carbonyl (C=O) groups is 1. The minimum Gasteiger partial charge on any atom is -0.454 e. The Morgan fingerprint density at radius 2 is 1.87 bits per heavy atom. The van der Waals surface area contributed by atoms with E-state index in [1.54, 1.807) is 27.0 Å². The molecular formula is C34H54O11. The highest BCUT2D eigenvalue weighted by molar-refractivity contribution is 5.66. The van der Waals surface area contributed by atoms with E-state index in [1.807, 2.05) is 20.8 Å². The highest BCUT2D eigenvalue weighted by Gasteiger charge is 2.56. The van der Waals surface area contributed by atoms with Gasteiger partial charge in [0.15, 0.2) is 12.4 Å². The molecule has 0 aromatic rings. The first-order valence-corrected chi connectivity index (χ1v) is 16.1. The second kappa shape index (κ2) is 14.2. The fourth-order valence-electron chi connectivity index (χ4n) is 7.63. The summed E-state index contributed by atoms with van der Waals surface area (Å²) in [5.74, 6) is -1.20. The van der Waals surface area contributed by atoms with E-state index in [4.69, 9.17) is 23.7 Å². The SMILES string of the molecule is C=CC(C)(C)OC[C@H]1O[C@@H](O[C@H]2C3=C([C@H](C)CO)C[C@H](O)[C@]3(C)/C=C3/[C@H](COC)CC[C@@H]3[C@H](C)[C@@H]2O)[C@@H](OC(C)=O)[C@@H](O)[C@@H]1O. The summed E-state index contributed by atoms with van der Waals surface area (Å²) < 4.78 is 29.7. The number of methoxy groups -OCH3 is 1. The highest BCUT2D eigenvalue weighted by atomic mass is 16.7. The fraction of sp³-hybridized carbons (Fsp3) is 0.794. The van der Waals surface area contributed by atoms with Crippen molar-refractivity contribution in [3.05, 3.63) is 35.5 Å². The monoisotopic (exact) mass is 638 g/mol. The van der Waals surface area contributed by atoms with Gasteiger partial charge in [-0.25, -0.2) is 0 Å². The lowest BCUT2D eigenvalue weighted by atomic mass is 9.68. The molecule has 0 unspecified atom stereocenters. The second-order valence-electron chi connectivity index (χ2n) is 14.1. The lowest BCUT2D eigenvalue weighted by molar-refractivity contribution is -0.321. The molecule has 4 aliphatic rings. The largest absolute Gasteiger partial charge is 0.454 e. The molecule has 0 radical (unpaired) electrons. The molecule has 3 aliphatic carbocycles. The number of hydrogen-bond donors (Lipinski definition) is 5. The van der Waals surface area contributed by atoms with Crippen LogP contribution in [0.3, 0.4) is 0 Å². The maximum absolute atomic E-state index is 12.2. The lowest BCUT2D eigenvalue weighted by Crippen LogP contribution is -2.62. The minimum atomic E-state index is -1.59. The highest BCUT2D eigenvalue weighted by Crippen LogP contribution is 2.55. The Morgan fingerprint density at radius 3 is 2.47 bits per heavy atom. The van der Waals surface area contributed by atoms with Gasteiger partial charge in [-0.1, -0.05) is 37.1 Å². The van der Waals surface area contributed by atoms with Gasteiger partial charge in [0.25, 0.3) is 0 Å². The minimum absolute atomic E-state index is 0.00220. The Labute approximate surface area is 266 Å². The number of aliphatic hydroxyl groups excluding tert-OH is 5. The topological polar surface area (TPSA) is 164 Å². The predicted molar refractivity (Wildman–Crippen MR) is 165 cm³/mol. The smallest absolute Gasteiger partial charge is 0.303 e. The van der Waals surface area contributed by atoms with Crippen molar-refractivity contribution in [1.29, 1.82) is 0 Å². The van der Waals surface area contributed by atoms with Crippen molar-refractivity contribution in [3.8, 4) is 0 Å². The lowest BCUT2D eigenvalue weighted by Gasteiger charge is -2.47. The van der Waals surface area contributed by atoms with E-state index in [0.29, 0.717) is 12.2 Å². The van der Waals surface area contributed by atoms with E-state index in [0.717, 1.165) is 24.0 Å². The van der Waals surface area contributed by atoms with Crippen LogP contribution in [-0.4, -0.2) is 113 Å². The summed E-state index contributed by atoms with van der Waals surface area (Å²) in [4.78, 5) is 12.2. The summed E-state index contributed by atoms with van der Waals surface area (Å²) in [5, 5.41) is 56.2. The van der Waals surface area contributed by atoms with E-state index in [9.17, 15) is 30.3 Å². The molecular weight excluding hydrogens is 584 g/mol. The Morgan fingerprint density at radius 1 is 1.18 bits per heavy atom. The molecule has 45 heavy (non-hydrogen) atoms. The van der Waals surface area contributed by atoms with Gasteiger partial charge in [0, 0.05) is 37.9 Å². The maximum atomic E-state index is 12.2. The van der Waals surface area contributed by atoms with Gasteiger partial charge in [-0.2, -0.15) is 0 Å². The van der Waals surface area contributed by atoms with Gasteiger partial charge in [0.1, 0.15) is 24.4 Å². The molecule has 13 atom stereocenters. The van der Waals surface area contributed by atoms with Gasteiger partial charge in [-0.15, -0.1) is 6.58 Å². The summed E-state index contributed by atoms with van der Waals surface area (Å²) in [7, 11) is 1.67. The van der Waals surface area contributed by atoms with Crippen LogP contribution in [0.5, 0.6) is 0 Å². The van der Waals surface area contributed by atoms with Gasteiger partial charge in [0.2, 0.25) is 0 Å². The summed E-state index contributed by atoms with van der Waals surface area (Å²) in [6, 6.07) is 0. The van der Waals surface area contributed by atoms with Gasteiger partial charge < -0.3 is 49.2 Å². The van der Waals surface area contributed by atoms with Gasteiger partial charge in [-0.3, -0.25) is 4.79 Å². The first-order chi connectivity index (χ1) is 21.1. The summed E-state index contributed by atoms with van der Waals surface area (Å²) in [5.41, 5.74) is 0.834. The third kappa shape index (κ3) is 7.12. The molecule has 256 valence electrons. The molecule has 1 heterocycles. The van der Waals surface area contributed by atoms with E-state index in [-0.39, 0.29) is 43.3 Å². The number of hydrogen-bond acceptors (Lipinski definition) is 11. The zero-order chi connectivity index (χ0) is 33.4. The van der Waals surface area contributed by atoms with Crippen LogP contribution in [0.2, 0.25) is 0 Å². The van der Waals surface area contributed by atoms with E-state index in [2.05, 4.69) is 12.7 Å². The number of fused-ring (bicyclic) bond motifs is 2. The van der Waals surface area contributed by atoms with Crippen molar-refractivity contribution in [3.63, 3.8) is 0 Å². The van der Waals surface area contributed by atoms with Crippen LogP contribution in [0.4, 0.5) is 0 Å². The average Bonchev–Trinajstić information content (AvgIpc) is 3.49. The zero-order valence-electron chi connectivity index (χ0n) is 27.7. The quantitative estimate of drug-likeness (QED) is 0.166. The molecule has 4 rings (SSSR count). The summed E-state index contributed by atoms with van der Waals surface area (Å²) in [6.07, 6.45) is -4.27. The van der Waals surface area contributed by atoms with E-state index >= 15 is 0 Å². The van der Waals surface area contributed by atoms with Crippen molar-refractivity contribution < 1.29 is 54.0 Å². The molecule has 0 amide bonds. The van der Waals surface area contributed by atoms with Crippen molar-refractivity contribution >= 4 is 5.97 Å². The number of aliphatic hydroxyl groups is 5. The molecule has 11 heteroatoms. The van der Waals surface area contributed by atoms with Crippen molar-refractivity contribution in [2.24, 2.45) is 29.1 Å². The third-order valence-corrected chi connectivity index (χ3v) is 10.6. The molecule has 2 fully saturated rings. The number of esters is 1. The zero-order valence-corrected chi connectivity index (χ0v) is 27.7. The van der Waals surface area contributed by atoms with Crippen LogP contribution < -0.4 is 0 Å². The number of rotatable bonds is 11. The maximum Gasteiger partial charge on any atom is 0.303 e. The van der Waals surface area contributed by atoms with Crippen molar-refractivity contribution in [2.75, 3.05) is 26.9 Å². The van der Waals surface area contributed by atoms with Crippen LogP contribution in [0.25, 0.3) is 0 Å². The standard InChI is InChI=1S/C34H54O11/c1-9-33(5,6)42-16-24-28(39)29(40)31(43-19(4)36)32(44-24)45-30-26-22(17(2)14-35)12-25(37)34(26,7)13-23-20(15-41-8)10-11-21(23)18(3)27(30)38/h9,13,17-18,20-21,24-25,27-32,35,37-40H,1,10-12,14-16H2,2-8H3/b23-13-/t17-,18+,20+,21-,24-,25+,27+,28-,29+,30+,31+,32+,34+/m1/s1. The molecule has 0 aromatic heterocycles.